The monoisotopic (exact) mass is 427 g/mol. The Morgan fingerprint density at radius 2 is 1.55 bits per heavy atom. The molecule has 1 unspecified atom stereocenters. The van der Waals surface area contributed by atoms with E-state index in [9.17, 15) is 14.7 Å². The molecule has 5 nitrogen and oxygen atoms in total. The van der Waals surface area contributed by atoms with E-state index >= 15 is 0 Å². The van der Waals surface area contributed by atoms with E-state index in [0.717, 1.165) is 6.42 Å². The van der Waals surface area contributed by atoms with Crippen molar-refractivity contribution in [2.75, 3.05) is 0 Å². The largest absolute Gasteiger partial charge is 0.481 e. The number of hydrogen-bond donors (Lipinski definition) is 2. The van der Waals surface area contributed by atoms with Gasteiger partial charge in [0.15, 0.2) is 5.72 Å². The van der Waals surface area contributed by atoms with Crippen molar-refractivity contribution in [3.63, 3.8) is 0 Å². The molecule has 0 bridgehead atoms. The van der Waals surface area contributed by atoms with Crippen molar-refractivity contribution >= 4 is 17.5 Å². The molecule has 1 aromatic carbocycles. The molecule has 0 saturated carbocycles. The van der Waals surface area contributed by atoms with Crippen molar-refractivity contribution in [2.45, 2.75) is 96.1 Å². The van der Waals surface area contributed by atoms with E-state index in [2.05, 4.69) is 11.9 Å². The molecule has 1 aliphatic rings. The molecule has 31 heavy (non-hydrogen) atoms. The van der Waals surface area contributed by atoms with Crippen LogP contribution in [0.25, 0.3) is 0 Å². The van der Waals surface area contributed by atoms with Crippen LogP contribution in [0.5, 0.6) is 0 Å². The van der Waals surface area contributed by atoms with Gasteiger partial charge in [-0.3, -0.25) is 9.59 Å². The lowest BCUT2D eigenvalue weighted by Crippen LogP contribution is -2.22. The molecule has 0 saturated heterocycles. The van der Waals surface area contributed by atoms with E-state index < -0.39 is 11.7 Å². The molecule has 5 heteroatoms. The van der Waals surface area contributed by atoms with Crippen LogP contribution >= 0.6 is 0 Å². The zero-order valence-electron chi connectivity index (χ0n) is 18.8. The number of hydrogen-bond acceptors (Lipinski definition) is 4. The Labute approximate surface area is 186 Å². The Bertz CT molecular complexity index is 766. The molecular formula is C26H37NO4. The molecule has 0 aromatic heterocycles. The second-order valence-corrected chi connectivity index (χ2v) is 8.56. The normalized spacial score (nSPS) is 17.7. The fourth-order valence-corrected chi connectivity index (χ4v) is 3.86. The summed E-state index contributed by atoms with van der Waals surface area (Å²) in [7, 11) is 0. The van der Waals surface area contributed by atoms with Gasteiger partial charge in [-0.15, -0.1) is 0 Å². The van der Waals surface area contributed by atoms with Crippen molar-refractivity contribution < 1.29 is 19.8 Å². The first kappa shape index (κ1) is 25.0. The number of carbonyl (C=O) groups excluding carboxylic acids is 1. The number of unbranched alkanes of at least 4 members (excludes halogenated alkanes) is 8. The van der Waals surface area contributed by atoms with E-state index in [1.165, 1.54) is 63.0 Å². The highest BCUT2D eigenvalue weighted by Crippen LogP contribution is 2.24. The number of Topliss-reactive ketones (excluding diaryl/α,β-unsaturated/α-hetero) is 1. The predicted molar refractivity (Wildman–Crippen MR) is 125 cm³/mol. The van der Waals surface area contributed by atoms with E-state index in [1.54, 1.807) is 6.08 Å². The molecular weight excluding hydrogens is 390 g/mol. The fraction of sp³-hybridized carbons (Fsp3) is 0.577. The Morgan fingerprint density at radius 1 is 0.903 bits per heavy atom. The van der Waals surface area contributed by atoms with Crippen LogP contribution in [0.15, 0.2) is 41.4 Å². The minimum absolute atomic E-state index is 0.0700. The molecule has 1 heterocycles. The van der Waals surface area contributed by atoms with Crippen molar-refractivity contribution in [1.82, 2.24) is 0 Å². The number of carboxylic acid groups (broad SMARTS) is 1. The van der Waals surface area contributed by atoms with E-state index in [4.69, 9.17) is 5.11 Å². The number of ketones is 1. The van der Waals surface area contributed by atoms with E-state index in [-0.39, 0.29) is 17.9 Å². The lowest BCUT2D eigenvalue weighted by atomic mass is 10.0. The summed E-state index contributed by atoms with van der Waals surface area (Å²) in [6.07, 6.45) is 15.9. The quantitative estimate of drug-likeness (QED) is 0.254. The van der Waals surface area contributed by atoms with Crippen LogP contribution in [0.2, 0.25) is 0 Å². The molecule has 0 fully saturated rings. The number of aliphatic hydroxyl groups is 1. The molecule has 0 amide bonds. The maximum Gasteiger partial charge on any atom is 0.303 e. The molecule has 0 spiro atoms. The molecule has 1 aromatic rings. The van der Waals surface area contributed by atoms with Gasteiger partial charge in [-0.2, -0.15) is 0 Å². The third-order valence-corrected chi connectivity index (χ3v) is 5.78. The van der Waals surface area contributed by atoms with Crippen molar-refractivity contribution in [1.29, 1.82) is 0 Å². The van der Waals surface area contributed by atoms with Crippen LogP contribution in [-0.4, -0.2) is 33.4 Å². The predicted octanol–water partition coefficient (Wildman–Crippen LogP) is 5.90. The third-order valence-electron chi connectivity index (χ3n) is 5.78. The first-order valence-corrected chi connectivity index (χ1v) is 11.8. The van der Waals surface area contributed by atoms with Gasteiger partial charge in [0.1, 0.15) is 5.71 Å². The van der Waals surface area contributed by atoms with E-state index in [0.29, 0.717) is 24.8 Å². The SMILES string of the molecule is CCCCCCCCCCc1ccc(C(=O)C2=NC(O)(CCCCC(=O)O)C=C2)cc1. The van der Waals surface area contributed by atoms with Crippen LogP contribution in [0.3, 0.4) is 0 Å². The Kier molecular flexibility index (Phi) is 10.6. The molecule has 0 aliphatic carbocycles. The smallest absolute Gasteiger partial charge is 0.303 e. The number of carbonyl (C=O) groups is 2. The molecule has 170 valence electrons. The number of benzene rings is 1. The third kappa shape index (κ3) is 9.18. The summed E-state index contributed by atoms with van der Waals surface area (Å²) in [4.78, 5) is 27.5. The molecule has 2 N–H and O–H groups in total. The highest BCUT2D eigenvalue weighted by atomic mass is 16.4. The zero-order chi connectivity index (χ0) is 22.5. The average Bonchev–Trinajstić information content (AvgIpc) is 3.15. The van der Waals surface area contributed by atoms with Gasteiger partial charge in [-0.25, -0.2) is 4.99 Å². The summed E-state index contributed by atoms with van der Waals surface area (Å²) in [6, 6.07) is 7.68. The first-order valence-electron chi connectivity index (χ1n) is 11.8. The van der Waals surface area contributed by atoms with Crippen LogP contribution in [0.4, 0.5) is 0 Å². The Morgan fingerprint density at radius 3 is 2.19 bits per heavy atom. The van der Waals surface area contributed by atoms with Gasteiger partial charge in [0.05, 0.1) is 0 Å². The Hall–Kier alpha value is -2.27. The second-order valence-electron chi connectivity index (χ2n) is 8.56. The minimum atomic E-state index is -1.40. The number of rotatable bonds is 16. The van der Waals surface area contributed by atoms with Crippen LogP contribution in [0, 0.1) is 0 Å². The van der Waals surface area contributed by atoms with Gasteiger partial charge < -0.3 is 10.2 Å². The van der Waals surface area contributed by atoms with Gasteiger partial charge >= 0.3 is 5.97 Å². The number of allylic oxidation sites excluding steroid dienone is 1. The summed E-state index contributed by atoms with van der Waals surface area (Å²) in [5, 5.41) is 19.2. The summed E-state index contributed by atoms with van der Waals surface area (Å²) in [6.45, 7) is 2.24. The maximum absolute atomic E-state index is 12.7. The highest BCUT2D eigenvalue weighted by Gasteiger charge is 2.29. The highest BCUT2D eigenvalue weighted by molar-refractivity contribution is 6.50. The van der Waals surface area contributed by atoms with Gasteiger partial charge in [0.2, 0.25) is 5.78 Å². The molecule has 2 rings (SSSR count). The van der Waals surface area contributed by atoms with Crippen molar-refractivity contribution in [2.24, 2.45) is 4.99 Å². The summed E-state index contributed by atoms with van der Waals surface area (Å²) < 4.78 is 0. The number of aryl methyl sites for hydroxylation is 1. The number of carboxylic acids is 1. The van der Waals surface area contributed by atoms with Gasteiger partial charge in [0.25, 0.3) is 0 Å². The Balaban J connectivity index is 1.75. The van der Waals surface area contributed by atoms with Gasteiger partial charge in [0, 0.05) is 18.4 Å². The van der Waals surface area contributed by atoms with Crippen molar-refractivity contribution in [3.05, 3.63) is 47.5 Å². The summed E-state index contributed by atoms with van der Waals surface area (Å²) in [5.41, 5.74) is 0.649. The number of aliphatic carboxylic acids is 1. The first-order chi connectivity index (χ1) is 14.9. The van der Waals surface area contributed by atoms with Crippen molar-refractivity contribution in [3.8, 4) is 0 Å². The average molecular weight is 428 g/mol. The maximum atomic E-state index is 12.7. The summed E-state index contributed by atoms with van der Waals surface area (Å²) >= 11 is 0. The minimum Gasteiger partial charge on any atom is -0.481 e. The van der Waals surface area contributed by atoms with Gasteiger partial charge in [-0.1, -0.05) is 76.1 Å². The zero-order valence-corrected chi connectivity index (χ0v) is 18.8. The molecule has 0 radical (unpaired) electrons. The molecule has 1 aliphatic heterocycles. The fourth-order valence-electron chi connectivity index (χ4n) is 3.86. The van der Waals surface area contributed by atoms with Gasteiger partial charge in [-0.05, 0) is 43.4 Å². The topological polar surface area (TPSA) is 87.0 Å². The van der Waals surface area contributed by atoms with Crippen LogP contribution < -0.4 is 0 Å². The second kappa shape index (κ2) is 13.2. The number of aliphatic imine (C=N–C) groups is 1. The summed E-state index contributed by atoms with van der Waals surface area (Å²) in [5.74, 6) is -1.05. The number of nitrogens with zero attached hydrogens (tertiary/aromatic N) is 1. The van der Waals surface area contributed by atoms with E-state index in [1.807, 2.05) is 24.3 Å². The lowest BCUT2D eigenvalue weighted by Gasteiger charge is -2.16. The molecule has 1 atom stereocenters. The standard InChI is InChI=1S/C26H37NO4/c1-2-3-4-5-6-7-8-9-12-21-14-16-22(17-15-21)25(30)23-18-20-26(31,27-23)19-11-10-13-24(28)29/h14-18,20,31H,2-13,19H2,1H3,(H,28,29). The lowest BCUT2D eigenvalue weighted by molar-refractivity contribution is -0.137. The van der Waals surface area contributed by atoms with Crippen LogP contribution in [0.1, 0.15) is 99.9 Å². The van der Waals surface area contributed by atoms with Crippen LogP contribution in [-0.2, 0) is 11.2 Å².